The molecule has 1 aliphatic heterocycles. The number of hydrogen-bond acceptors (Lipinski definition) is 3. The van der Waals surface area contributed by atoms with E-state index in [4.69, 9.17) is 4.74 Å². The first-order valence-corrected chi connectivity index (χ1v) is 6.58. The smallest absolute Gasteiger partial charge is 0.250 e. The molecule has 1 aliphatic rings. The van der Waals surface area contributed by atoms with Gasteiger partial charge in [-0.1, -0.05) is 12.1 Å². The van der Waals surface area contributed by atoms with Gasteiger partial charge >= 0.3 is 0 Å². The third-order valence-electron chi connectivity index (χ3n) is 3.13. The Labute approximate surface area is 112 Å². The Morgan fingerprint density at radius 1 is 1.47 bits per heavy atom. The Morgan fingerprint density at radius 3 is 3.05 bits per heavy atom. The highest BCUT2D eigenvalue weighted by atomic mass is 19.1. The number of para-hydroxylation sites is 1. The molecule has 1 amide bonds. The SMILES string of the molecule is O=C(COCC1CCCNC1)Nc1ccccc1F. The quantitative estimate of drug-likeness (QED) is 0.854. The first-order valence-electron chi connectivity index (χ1n) is 6.58. The van der Waals surface area contributed by atoms with Gasteiger partial charge in [-0.2, -0.15) is 0 Å². The molecular weight excluding hydrogens is 247 g/mol. The summed E-state index contributed by atoms with van der Waals surface area (Å²) in [6.45, 7) is 2.53. The molecule has 1 atom stereocenters. The Bertz CT molecular complexity index is 420. The lowest BCUT2D eigenvalue weighted by Gasteiger charge is -2.22. The van der Waals surface area contributed by atoms with Crippen molar-refractivity contribution < 1.29 is 13.9 Å². The largest absolute Gasteiger partial charge is 0.371 e. The third kappa shape index (κ3) is 4.61. The topological polar surface area (TPSA) is 50.4 Å². The Morgan fingerprint density at radius 2 is 2.32 bits per heavy atom. The fraction of sp³-hybridized carbons (Fsp3) is 0.500. The second-order valence-corrected chi connectivity index (χ2v) is 4.76. The number of nitrogens with one attached hydrogen (secondary N) is 2. The number of anilines is 1. The van der Waals surface area contributed by atoms with E-state index in [0.717, 1.165) is 25.9 Å². The van der Waals surface area contributed by atoms with Gasteiger partial charge in [-0.3, -0.25) is 4.79 Å². The number of carbonyl (C=O) groups is 1. The van der Waals surface area contributed by atoms with Crippen LogP contribution in [-0.4, -0.2) is 32.2 Å². The van der Waals surface area contributed by atoms with Crippen molar-refractivity contribution in [1.82, 2.24) is 5.32 Å². The van der Waals surface area contributed by atoms with Crippen LogP contribution >= 0.6 is 0 Å². The Kier molecular flexibility index (Phi) is 5.30. The number of benzene rings is 1. The summed E-state index contributed by atoms with van der Waals surface area (Å²) in [4.78, 5) is 11.6. The normalized spacial score (nSPS) is 19.1. The van der Waals surface area contributed by atoms with E-state index >= 15 is 0 Å². The maximum atomic E-state index is 13.3. The van der Waals surface area contributed by atoms with E-state index < -0.39 is 5.82 Å². The van der Waals surface area contributed by atoms with Crippen molar-refractivity contribution >= 4 is 11.6 Å². The standard InChI is InChI=1S/C14H19FN2O2/c15-12-5-1-2-6-13(12)17-14(18)10-19-9-11-4-3-7-16-8-11/h1-2,5-6,11,16H,3-4,7-10H2,(H,17,18). The van der Waals surface area contributed by atoms with Crippen molar-refractivity contribution in [3.63, 3.8) is 0 Å². The number of rotatable bonds is 5. The summed E-state index contributed by atoms with van der Waals surface area (Å²) in [6, 6.07) is 6.09. The van der Waals surface area contributed by atoms with Crippen molar-refractivity contribution in [1.29, 1.82) is 0 Å². The monoisotopic (exact) mass is 266 g/mol. The number of amides is 1. The van der Waals surface area contributed by atoms with Gasteiger partial charge in [0.2, 0.25) is 5.91 Å². The summed E-state index contributed by atoms with van der Waals surface area (Å²) in [7, 11) is 0. The van der Waals surface area contributed by atoms with E-state index in [1.165, 1.54) is 12.1 Å². The lowest BCUT2D eigenvalue weighted by Crippen LogP contribution is -2.33. The molecule has 4 nitrogen and oxygen atoms in total. The molecule has 0 saturated carbocycles. The Hall–Kier alpha value is -1.46. The number of halogens is 1. The van der Waals surface area contributed by atoms with Crippen LogP contribution in [0.15, 0.2) is 24.3 Å². The van der Waals surface area contributed by atoms with Gasteiger partial charge < -0.3 is 15.4 Å². The zero-order valence-electron chi connectivity index (χ0n) is 10.8. The fourth-order valence-electron chi connectivity index (χ4n) is 2.13. The number of hydrogen-bond donors (Lipinski definition) is 2. The molecule has 1 aromatic carbocycles. The van der Waals surface area contributed by atoms with E-state index in [1.807, 2.05) is 0 Å². The molecule has 0 aliphatic carbocycles. The number of carbonyl (C=O) groups excluding carboxylic acids is 1. The molecule has 1 heterocycles. The van der Waals surface area contributed by atoms with E-state index in [2.05, 4.69) is 10.6 Å². The zero-order valence-corrected chi connectivity index (χ0v) is 10.8. The van der Waals surface area contributed by atoms with Gasteiger partial charge in [0.05, 0.1) is 12.3 Å². The van der Waals surface area contributed by atoms with Gasteiger partial charge in [0.1, 0.15) is 12.4 Å². The minimum absolute atomic E-state index is 0.0369. The van der Waals surface area contributed by atoms with Crippen LogP contribution in [0.3, 0.4) is 0 Å². The summed E-state index contributed by atoms with van der Waals surface area (Å²) in [5.74, 6) is -0.295. The first kappa shape index (κ1) is 14.0. The molecule has 0 radical (unpaired) electrons. The summed E-state index contributed by atoms with van der Waals surface area (Å²) in [6.07, 6.45) is 2.28. The first-order chi connectivity index (χ1) is 9.25. The molecule has 2 N–H and O–H groups in total. The van der Waals surface area contributed by atoms with Crippen LogP contribution in [0.5, 0.6) is 0 Å². The predicted molar refractivity (Wildman–Crippen MR) is 71.4 cm³/mol. The van der Waals surface area contributed by atoms with Crippen LogP contribution < -0.4 is 10.6 Å². The van der Waals surface area contributed by atoms with Crippen LogP contribution in [0.2, 0.25) is 0 Å². The van der Waals surface area contributed by atoms with Crippen LogP contribution in [0.1, 0.15) is 12.8 Å². The molecule has 104 valence electrons. The molecule has 1 unspecified atom stereocenters. The van der Waals surface area contributed by atoms with E-state index in [-0.39, 0.29) is 18.2 Å². The molecule has 19 heavy (non-hydrogen) atoms. The average Bonchev–Trinajstić information content (AvgIpc) is 2.43. The molecule has 1 aromatic rings. The molecule has 0 aromatic heterocycles. The van der Waals surface area contributed by atoms with Gasteiger partial charge in [0, 0.05) is 6.54 Å². The summed E-state index contributed by atoms with van der Waals surface area (Å²) < 4.78 is 18.7. The maximum Gasteiger partial charge on any atom is 0.250 e. The van der Waals surface area contributed by atoms with Crippen LogP contribution in [0.4, 0.5) is 10.1 Å². The predicted octanol–water partition coefficient (Wildman–Crippen LogP) is 1.78. The molecule has 0 bridgehead atoms. The molecule has 0 spiro atoms. The molecular formula is C14H19FN2O2. The van der Waals surface area contributed by atoms with Gasteiger partial charge in [-0.15, -0.1) is 0 Å². The third-order valence-corrected chi connectivity index (χ3v) is 3.13. The zero-order chi connectivity index (χ0) is 13.5. The van der Waals surface area contributed by atoms with Gasteiger partial charge in [0.15, 0.2) is 0 Å². The van der Waals surface area contributed by atoms with E-state index in [9.17, 15) is 9.18 Å². The second kappa shape index (κ2) is 7.21. The maximum absolute atomic E-state index is 13.3. The minimum atomic E-state index is -0.438. The molecule has 5 heteroatoms. The molecule has 2 rings (SSSR count). The van der Waals surface area contributed by atoms with Crippen LogP contribution in [0, 0.1) is 11.7 Å². The number of piperidine rings is 1. The van der Waals surface area contributed by atoms with Crippen molar-refractivity contribution in [2.75, 3.05) is 31.6 Å². The van der Waals surface area contributed by atoms with Gasteiger partial charge in [-0.25, -0.2) is 4.39 Å². The highest BCUT2D eigenvalue weighted by Crippen LogP contribution is 2.12. The summed E-state index contributed by atoms with van der Waals surface area (Å²) in [5.41, 5.74) is 0.190. The van der Waals surface area contributed by atoms with Crippen LogP contribution in [-0.2, 0) is 9.53 Å². The van der Waals surface area contributed by atoms with E-state index in [0.29, 0.717) is 12.5 Å². The lowest BCUT2D eigenvalue weighted by atomic mass is 10.0. The fourth-order valence-corrected chi connectivity index (χ4v) is 2.13. The minimum Gasteiger partial charge on any atom is -0.371 e. The molecule has 1 fully saturated rings. The van der Waals surface area contributed by atoms with Gasteiger partial charge in [0.25, 0.3) is 0 Å². The van der Waals surface area contributed by atoms with Gasteiger partial charge in [-0.05, 0) is 37.4 Å². The highest BCUT2D eigenvalue weighted by molar-refractivity contribution is 5.91. The lowest BCUT2D eigenvalue weighted by molar-refractivity contribution is -0.121. The van der Waals surface area contributed by atoms with Crippen molar-refractivity contribution in [2.24, 2.45) is 5.92 Å². The summed E-state index contributed by atoms with van der Waals surface area (Å²) in [5, 5.41) is 5.78. The second-order valence-electron chi connectivity index (χ2n) is 4.76. The van der Waals surface area contributed by atoms with E-state index in [1.54, 1.807) is 12.1 Å². The van der Waals surface area contributed by atoms with Crippen LogP contribution in [0.25, 0.3) is 0 Å². The molecule has 1 saturated heterocycles. The van der Waals surface area contributed by atoms with Crippen molar-refractivity contribution in [3.05, 3.63) is 30.1 Å². The van der Waals surface area contributed by atoms with Crippen molar-refractivity contribution in [3.8, 4) is 0 Å². The number of ether oxygens (including phenoxy) is 1. The summed E-state index contributed by atoms with van der Waals surface area (Å²) >= 11 is 0. The Balaban J connectivity index is 1.68. The van der Waals surface area contributed by atoms with Crippen molar-refractivity contribution in [2.45, 2.75) is 12.8 Å². The average molecular weight is 266 g/mol. The highest BCUT2D eigenvalue weighted by Gasteiger charge is 2.14.